The predicted octanol–water partition coefficient (Wildman–Crippen LogP) is 3.09. The summed E-state index contributed by atoms with van der Waals surface area (Å²) in [4.78, 5) is 5.31. The number of piperidine rings is 1. The molecule has 110 valence electrons. The molecule has 1 aromatic rings. The molecule has 2 N–H and O–H groups in total. The molecule has 0 bridgehead atoms. The van der Waals surface area contributed by atoms with Crippen molar-refractivity contribution in [3.63, 3.8) is 0 Å². The van der Waals surface area contributed by atoms with Gasteiger partial charge < -0.3 is 5.73 Å². The van der Waals surface area contributed by atoms with Gasteiger partial charge in [-0.05, 0) is 50.1 Å². The first-order chi connectivity index (χ1) is 9.61. The number of benzene rings is 1. The minimum Gasteiger partial charge on any atom is -0.399 e. The average molecular weight is 338 g/mol. The first kappa shape index (κ1) is 14.4. The molecule has 0 radical (unpaired) electrons. The Morgan fingerprint density at radius 3 is 2.90 bits per heavy atom. The molecular weight excluding hydrogens is 314 g/mol. The highest BCUT2D eigenvalue weighted by molar-refractivity contribution is 9.10. The summed E-state index contributed by atoms with van der Waals surface area (Å²) in [6.07, 6.45) is 4.14. The Morgan fingerprint density at radius 2 is 2.10 bits per heavy atom. The second kappa shape index (κ2) is 6.04. The van der Waals surface area contributed by atoms with Crippen LogP contribution in [0, 0.1) is 0 Å². The largest absolute Gasteiger partial charge is 0.399 e. The van der Waals surface area contributed by atoms with Crippen molar-refractivity contribution in [3.8, 4) is 0 Å². The van der Waals surface area contributed by atoms with Gasteiger partial charge in [-0.1, -0.05) is 22.4 Å². The molecule has 2 heterocycles. The van der Waals surface area contributed by atoms with Gasteiger partial charge in [-0.15, -0.1) is 0 Å². The Balaban J connectivity index is 1.70. The van der Waals surface area contributed by atoms with Crippen LogP contribution in [0.1, 0.15) is 31.7 Å². The molecular formula is C16H24BrN3. The Morgan fingerprint density at radius 1 is 1.25 bits per heavy atom. The minimum absolute atomic E-state index is 0.629. The molecule has 2 atom stereocenters. The van der Waals surface area contributed by atoms with Crippen molar-refractivity contribution in [2.45, 2.75) is 44.8 Å². The van der Waals surface area contributed by atoms with Gasteiger partial charge in [0.1, 0.15) is 0 Å². The van der Waals surface area contributed by atoms with Gasteiger partial charge in [0, 0.05) is 41.9 Å². The maximum absolute atomic E-state index is 5.95. The summed E-state index contributed by atoms with van der Waals surface area (Å²) < 4.78 is 1.08. The maximum atomic E-state index is 5.95. The van der Waals surface area contributed by atoms with Gasteiger partial charge in [0.15, 0.2) is 0 Å². The van der Waals surface area contributed by atoms with Gasteiger partial charge in [-0.3, -0.25) is 9.80 Å². The average Bonchev–Trinajstić information content (AvgIpc) is 2.38. The van der Waals surface area contributed by atoms with Crippen molar-refractivity contribution in [2.75, 3.05) is 25.4 Å². The SMILES string of the molecule is CC1CN2CCCCC2CN1Cc1cc(N)cc(Br)c1. The second-order valence-electron chi connectivity index (χ2n) is 6.32. The van der Waals surface area contributed by atoms with Crippen LogP contribution in [0.15, 0.2) is 22.7 Å². The predicted molar refractivity (Wildman–Crippen MR) is 87.6 cm³/mol. The smallest absolute Gasteiger partial charge is 0.0328 e. The topological polar surface area (TPSA) is 32.5 Å². The van der Waals surface area contributed by atoms with E-state index < -0.39 is 0 Å². The lowest BCUT2D eigenvalue weighted by molar-refractivity contribution is 0.0111. The van der Waals surface area contributed by atoms with E-state index in [4.69, 9.17) is 5.73 Å². The number of halogens is 1. The van der Waals surface area contributed by atoms with Gasteiger partial charge in [0.2, 0.25) is 0 Å². The van der Waals surface area contributed by atoms with E-state index in [1.807, 2.05) is 6.07 Å². The molecule has 2 aliphatic rings. The molecule has 2 unspecified atom stereocenters. The van der Waals surface area contributed by atoms with Crippen molar-refractivity contribution in [3.05, 3.63) is 28.2 Å². The normalized spacial score (nSPS) is 28.3. The van der Waals surface area contributed by atoms with E-state index in [1.165, 1.54) is 44.5 Å². The lowest BCUT2D eigenvalue weighted by Gasteiger charge is -2.47. The molecule has 2 saturated heterocycles. The zero-order valence-corrected chi connectivity index (χ0v) is 13.8. The first-order valence-electron chi connectivity index (χ1n) is 7.65. The molecule has 2 aliphatic heterocycles. The van der Waals surface area contributed by atoms with Crippen molar-refractivity contribution >= 4 is 21.6 Å². The number of nitrogen functional groups attached to an aromatic ring is 1. The van der Waals surface area contributed by atoms with Gasteiger partial charge in [-0.25, -0.2) is 0 Å². The molecule has 2 fully saturated rings. The van der Waals surface area contributed by atoms with E-state index in [9.17, 15) is 0 Å². The van der Waals surface area contributed by atoms with E-state index in [1.54, 1.807) is 0 Å². The van der Waals surface area contributed by atoms with Gasteiger partial charge in [0.05, 0.1) is 0 Å². The van der Waals surface area contributed by atoms with E-state index in [-0.39, 0.29) is 0 Å². The van der Waals surface area contributed by atoms with Gasteiger partial charge in [0.25, 0.3) is 0 Å². The standard InChI is InChI=1S/C16H24BrN3/c1-12-9-19-5-3-2-4-16(19)11-20(12)10-13-6-14(17)8-15(18)7-13/h6-8,12,16H,2-5,9-11,18H2,1H3. The highest BCUT2D eigenvalue weighted by Gasteiger charge is 2.32. The fraction of sp³-hybridized carbons (Fsp3) is 0.625. The highest BCUT2D eigenvalue weighted by atomic mass is 79.9. The number of rotatable bonds is 2. The highest BCUT2D eigenvalue weighted by Crippen LogP contribution is 2.26. The third-order valence-electron chi connectivity index (χ3n) is 4.68. The lowest BCUT2D eigenvalue weighted by atomic mass is 9.96. The third kappa shape index (κ3) is 3.18. The number of piperazine rings is 1. The fourth-order valence-electron chi connectivity index (χ4n) is 3.63. The monoisotopic (exact) mass is 337 g/mol. The summed E-state index contributed by atoms with van der Waals surface area (Å²) in [5, 5.41) is 0. The minimum atomic E-state index is 0.629. The number of nitrogens with two attached hydrogens (primary N) is 1. The van der Waals surface area contributed by atoms with Crippen LogP contribution in [0.25, 0.3) is 0 Å². The van der Waals surface area contributed by atoms with Crippen LogP contribution in [0.2, 0.25) is 0 Å². The lowest BCUT2D eigenvalue weighted by Crippen LogP contribution is -2.58. The Kier molecular flexibility index (Phi) is 4.34. The summed E-state index contributed by atoms with van der Waals surface area (Å²) >= 11 is 3.54. The van der Waals surface area contributed by atoms with Crippen molar-refractivity contribution in [2.24, 2.45) is 0 Å². The van der Waals surface area contributed by atoms with Crippen LogP contribution in [0.5, 0.6) is 0 Å². The van der Waals surface area contributed by atoms with Crippen molar-refractivity contribution in [1.82, 2.24) is 9.80 Å². The molecule has 20 heavy (non-hydrogen) atoms. The van der Waals surface area contributed by atoms with Crippen LogP contribution in [0.3, 0.4) is 0 Å². The van der Waals surface area contributed by atoms with E-state index in [0.717, 1.165) is 22.7 Å². The molecule has 0 amide bonds. The molecule has 3 nitrogen and oxygen atoms in total. The Hall–Kier alpha value is -0.580. The van der Waals surface area contributed by atoms with Crippen LogP contribution >= 0.6 is 15.9 Å². The Labute approximate surface area is 130 Å². The number of hydrogen-bond donors (Lipinski definition) is 1. The molecule has 3 rings (SSSR count). The van der Waals surface area contributed by atoms with Gasteiger partial charge in [-0.2, -0.15) is 0 Å². The van der Waals surface area contributed by atoms with Gasteiger partial charge >= 0.3 is 0 Å². The Bertz CT molecular complexity index is 457. The zero-order chi connectivity index (χ0) is 14.1. The molecule has 0 spiro atoms. The number of nitrogens with zero attached hydrogens (tertiary/aromatic N) is 2. The summed E-state index contributed by atoms with van der Waals surface area (Å²) in [5.74, 6) is 0. The van der Waals surface area contributed by atoms with E-state index in [0.29, 0.717) is 6.04 Å². The summed E-state index contributed by atoms with van der Waals surface area (Å²) in [6.45, 7) is 7.08. The molecule has 4 heteroatoms. The third-order valence-corrected chi connectivity index (χ3v) is 5.14. The molecule has 0 saturated carbocycles. The first-order valence-corrected chi connectivity index (χ1v) is 8.44. The van der Waals surface area contributed by atoms with Crippen LogP contribution in [-0.4, -0.2) is 41.5 Å². The summed E-state index contributed by atoms with van der Waals surface area (Å²) in [7, 11) is 0. The quantitative estimate of drug-likeness (QED) is 0.841. The summed E-state index contributed by atoms with van der Waals surface area (Å²) in [5.41, 5.74) is 8.11. The molecule has 1 aromatic carbocycles. The number of anilines is 1. The fourth-order valence-corrected chi connectivity index (χ4v) is 4.19. The van der Waals surface area contributed by atoms with E-state index >= 15 is 0 Å². The van der Waals surface area contributed by atoms with Crippen molar-refractivity contribution < 1.29 is 0 Å². The van der Waals surface area contributed by atoms with Crippen LogP contribution < -0.4 is 5.73 Å². The number of hydrogen-bond acceptors (Lipinski definition) is 3. The maximum Gasteiger partial charge on any atom is 0.0328 e. The second-order valence-corrected chi connectivity index (χ2v) is 7.23. The van der Waals surface area contributed by atoms with Crippen LogP contribution in [-0.2, 0) is 6.54 Å². The zero-order valence-electron chi connectivity index (χ0n) is 12.2. The molecule has 0 aromatic heterocycles. The molecule has 0 aliphatic carbocycles. The van der Waals surface area contributed by atoms with Crippen LogP contribution in [0.4, 0.5) is 5.69 Å². The summed E-state index contributed by atoms with van der Waals surface area (Å²) in [6, 6.07) is 7.65. The van der Waals surface area contributed by atoms with Crippen molar-refractivity contribution in [1.29, 1.82) is 0 Å². The van der Waals surface area contributed by atoms with E-state index in [2.05, 4.69) is 44.8 Å². The number of fused-ring (bicyclic) bond motifs is 1.